The third-order valence-electron chi connectivity index (χ3n) is 2.97. The van der Waals surface area contributed by atoms with Crippen LogP contribution in [0.3, 0.4) is 0 Å². The lowest BCUT2D eigenvalue weighted by Crippen LogP contribution is -2.12. The largest absolute Gasteiger partial charge is 0.487 e. The fraction of sp³-hybridized carbons (Fsp3) is 0.235. The Morgan fingerprint density at radius 3 is 2.52 bits per heavy atom. The van der Waals surface area contributed by atoms with Gasteiger partial charge >= 0.3 is 5.97 Å². The highest BCUT2D eigenvalue weighted by Crippen LogP contribution is 2.26. The van der Waals surface area contributed by atoms with Crippen LogP contribution in [0.1, 0.15) is 29.8 Å². The Morgan fingerprint density at radius 1 is 1.13 bits per heavy atom. The van der Waals surface area contributed by atoms with E-state index in [-0.39, 0.29) is 12.7 Å². The number of carbonyl (C=O) groups is 1. The van der Waals surface area contributed by atoms with Crippen LogP contribution in [0.15, 0.2) is 36.4 Å². The molecule has 0 spiro atoms. The van der Waals surface area contributed by atoms with E-state index in [2.05, 4.69) is 0 Å². The van der Waals surface area contributed by atoms with Crippen molar-refractivity contribution in [3.63, 3.8) is 0 Å². The fourth-order valence-corrected chi connectivity index (χ4v) is 2.18. The Balaban J connectivity index is 2.12. The minimum atomic E-state index is -0.417. The first-order chi connectivity index (χ1) is 10.9. The molecule has 0 atom stereocenters. The molecule has 0 radical (unpaired) electrons. The molecule has 0 saturated heterocycles. The van der Waals surface area contributed by atoms with Crippen LogP contribution < -0.4 is 10.5 Å². The predicted octanol–water partition coefficient (Wildman–Crippen LogP) is 4.72. The van der Waals surface area contributed by atoms with Gasteiger partial charge in [0.25, 0.3) is 0 Å². The quantitative estimate of drug-likeness (QED) is 0.623. The number of hydrogen-bond acceptors (Lipinski definition) is 4. The van der Waals surface area contributed by atoms with Gasteiger partial charge in [0.15, 0.2) is 0 Å². The number of benzene rings is 2. The van der Waals surface area contributed by atoms with Crippen LogP contribution in [0.2, 0.25) is 10.0 Å². The minimum Gasteiger partial charge on any atom is -0.487 e. The number of esters is 1. The number of anilines is 1. The van der Waals surface area contributed by atoms with Crippen LogP contribution in [0.4, 0.5) is 5.69 Å². The SMILES string of the molecule is CC(C)OC(=O)c1ccc(N)c(OCc2ccc(Cl)c(Cl)c2)c1. The second-order valence-electron chi connectivity index (χ2n) is 5.24. The van der Waals surface area contributed by atoms with Crippen molar-refractivity contribution in [2.75, 3.05) is 5.73 Å². The molecule has 2 aromatic rings. The third-order valence-corrected chi connectivity index (χ3v) is 3.71. The number of hydrogen-bond donors (Lipinski definition) is 1. The molecule has 0 aromatic heterocycles. The highest BCUT2D eigenvalue weighted by atomic mass is 35.5. The summed E-state index contributed by atoms with van der Waals surface area (Å²) in [6, 6.07) is 10.0. The van der Waals surface area contributed by atoms with Gasteiger partial charge in [-0.15, -0.1) is 0 Å². The molecule has 2 N–H and O–H groups in total. The lowest BCUT2D eigenvalue weighted by molar-refractivity contribution is 0.0377. The highest BCUT2D eigenvalue weighted by Gasteiger charge is 2.12. The number of nitrogen functional groups attached to an aromatic ring is 1. The summed E-state index contributed by atoms with van der Waals surface area (Å²) in [6.07, 6.45) is -0.194. The molecule has 0 fully saturated rings. The van der Waals surface area contributed by atoms with E-state index < -0.39 is 5.97 Å². The van der Waals surface area contributed by atoms with Gasteiger partial charge in [-0.05, 0) is 49.7 Å². The van der Waals surface area contributed by atoms with Crippen LogP contribution in [0, 0.1) is 0 Å². The lowest BCUT2D eigenvalue weighted by Gasteiger charge is -2.12. The average Bonchev–Trinajstić information content (AvgIpc) is 2.49. The molecular weight excluding hydrogens is 337 g/mol. The van der Waals surface area contributed by atoms with Crippen molar-refractivity contribution in [1.82, 2.24) is 0 Å². The predicted molar refractivity (Wildman–Crippen MR) is 92.2 cm³/mol. The first kappa shape index (κ1) is 17.4. The first-order valence-corrected chi connectivity index (χ1v) is 7.79. The molecule has 0 aliphatic carbocycles. The number of ether oxygens (including phenoxy) is 2. The number of nitrogens with two attached hydrogens (primary N) is 1. The number of carbonyl (C=O) groups excluding carboxylic acids is 1. The topological polar surface area (TPSA) is 61.5 Å². The van der Waals surface area contributed by atoms with E-state index in [1.165, 1.54) is 0 Å². The van der Waals surface area contributed by atoms with Gasteiger partial charge in [-0.3, -0.25) is 0 Å². The summed E-state index contributed by atoms with van der Waals surface area (Å²) < 4.78 is 10.8. The maximum atomic E-state index is 11.9. The molecular formula is C17H17Cl2NO3. The molecule has 0 unspecified atom stereocenters. The molecule has 0 saturated carbocycles. The zero-order valence-electron chi connectivity index (χ0n) is 12.8. The van der Waals surface area contributed by atoms with Crippen molar-refractivity contribution in [1.29, 1.82) is 0 Å². The molecule has 0 bridgehead atoms. The molecule has 0 aliphatic heterocycles. The van der Waals surface area contributed by atoms with E-state index in [9.17, 15) is 4.79 Å². The smallest absolute Gasteiger partial charge is 0.338 e. The summed E-state index contributed by atoms with van der Waals surface area (Å²) in [6.45, 7) is 3.83. The highest BCUT2D eigenvalue weighted by molar-refractivity contribution is 6.42. The second kappa shape index (κ2) is 7.57. The summed E-state index contributed by atoms with van der Waals surface area (Å²) in [5, 5.41) is 0.934. The number of halogens is 2. The molecule has 23 heavy (non-hydrogen) atoms. The van der Waals surface area contributed by atoms with E-state index >= 15 is 0 Å². The van der Waals surface area contributed by atoms with Crippen molar-refractivity contribution < 1.29 is 14.3 Å². The fourth-order valence-electron chi connectivity index (χ4n) is 1.86. The molecule has 0 aliphatic rings. The summed E-state index contributed by atoms with van der Waals surface area (Å²) in [5.41, 5.74) is 7.55. The van der Waals surface area contributed by atoms with E-state index in [1.54, 1.807) is 50.2 Å². The summed E-state index contributed by atoms with van der Waals surface area (Å²) in [4.78, 5) is 11.9. The summed E-state index contributed by atoms with van der Waals surface area (Å²) >= 11 is 11.8. The Hall–Kier alpha value is -1.91. The van der Waals surface area contributed by atoms with Crippen LogP contribution in [-0.4, -0.2) is 12.1 Å². The summed E-state index contributed by atoms with van der Waals surface area (Å²) in [7, 11) is 0. The number of rotatable bonds is 5. The summed E-state index contributed by atoms with van der Waals surface area (Å²) in [5.74, 6) is -0.00586. The second-order valence-corrected chi connectivity index (χ2v) is 6.06. The Bertz CT molecular complexity index is 717. The molecule has 0 heterocycles. The third kappa shape index (κ3) is 4.78. The van der Waals surface area contributed by atoms with Crippen molar-refractivity contribution in [3.05, 3.63) is 57.6 Å². The van der Waals surface area contributed by atoms with Gasteiger partial charge in [-0.1, -0.05) is 29.3 Å². The van der Waals surface area contributed by atoms with Crippen LogP contribution in [-0.2, 0) is 11.3 Å². The van der Waals surface area contributed by atoms with Gasteiger partial charge in [-0.25, -0.2) is 4.79 Å². The van der Waals surface area contributed by atoms with Crippen LogP contribution >= 0.6 is 23.2 Å². The monoisotopic (exact) mass is 353 g/mol. The standard InChI is InChI=1S/C17H17Cl2NO3/c1-10(2)23-17(21)12-4-6-15(20)16(8-12)22-9-11-3-5-13(18)14(19)7-11/h3-8,10H,9,20H2,1-2H3. The molecule has 0 amide bonds. The maximum absolute atomic E-state index is 11.9. The van der Waals surface area contributed by atoms with Crippen LogP contribution in [0.25, 0.3) is 0 Å². The van der Waals surface area contributed by atoms with Crippen molar-refractivity contribution in [3.8, 4) is 5.75 Å². The van der Waals surface area contributed by atoms with Gasteiger partial charge in [0.05, 0.1) is 27.4 Å². The maximum Gasteiger partial charge on any atom is 0.338 e. The van der Waals surface area contributed by atoms with E-state index in [0.717, 1.165) is 5.56 Å². The Labute approximate surface area is 145 Å². The van der Waals surface area contributed by atoms with E-state index in [4.69, 9.17) is 38.4 Å². The lowest BCUT2D eigenvalue weighted by atomic mass is 10.2. The molecule has 6 heteroatoms. The van der Waals surface area contributed by atoms with Gasteiger partial charge in [0.2, 0.25) is 0 Å². The average molecular weight is 354 g/mol. The molecule has 2 rings (SSSR count). The van der Waals surface area contributed by atoms with Crippen molar-refractivity contribution in [2.45, 2.75) is 26.6 Å². The van der Waals surface area contributed by atoms with Gasteiger partial charge < -0.3 is 15.2 Å². The Kier molecular flexibility index (Phi) is 5.74. The van der Waals surface area contributed by atoms with Crippen LogP contribution in [0.5, 0.6) is 5.75 Å². The van der Waals surface area contributed by atoms with Gasteiger partial charge in [-0.2, -0.15) is 0 Å². The zero-order chi connectivity index (χ0) is 17.0. The zero-order valence-corrected chi connectivity index (χ0v) is 14.3. The van der Waals surface area contributed by atoms with Gasteiger partial charge in [0, 0.05) is 0 Å². The molecule has 122 valence electrons. The van der Waals surface area contributed by atoms with Crippen molar-refractivity contribution >= 4 is 34.9 Å². The van der Waals surface area contributed by atoms with E-state index in [1.807, 2.05) is 0 Å². The van der Waals surface area contributed by atoms with E-state index in [0.29, 0.717) is 27.0 Å². The molecule has 2 aromatic carbocycles. The molecule has 4 nitrogen and oxygen atoms in total. The first-order valence-electron chi connectivity index (χ1n) is 7.04. The van der Waals surface area contributed by atoms with Crippen molar-refractivity contribution in [2.24, 2.45) is 0 Å². The Morgan fingerprint density at radius 2 is 1.87 bits per heavy atom. The minimum absolute atomic E-state index is 0.194. The normalized spacial score (nSPS) is 10.7. The van der Waals surface area contributed by atoms with Gasteiger partial charge in [0.1, 0.15) is 12.4 Å².